The second-order valence-corrected chi connectivity index (χ2v) is 21.1. The molecule has 5 aromatic rings. The molecule has 76 heavy (non-hydrogen) atoms. The monoisotopic (exact) mass is 1210 g/mol. The Morgan fingerprint density at radius 1 is 0.934 bits per heavy atom. The number of nitrogens with zero attached hydrogens (tertiary/aromatic N) is 6. The first-order valence-corrected chi connectivity index (χ1v) is 27.2. The molecule has 0 saturated heterocycles. The third-order valence-corrected chi connectivity index (χ3v) is 14.1. The van der Waals surface area contributed by atoms with Gasteiger partial charge in [-0.25, -0.2) is 36.8 Å². The predicted octanol–water partition coefficient (Wildman–Crippen LogP) is 6.49. The molecular formula is C41H45Cl3F4N9O15PS3. The van der Waals surface area contributed by atoms with Crippen molar-refractivity contribution in [1.29, 1.82) is 0 Å². The standard InChI is InChI=1S/C15H15ClFN3O3S2.C15H16F3N5O4S.C8H6Cl2O3.C3H8NO5P/c1-23-13(21)8-24-12-7-11(10(17)6-9(12)16)18-14-19-4-2-3-5-20(19)15(22)25-14;1-9-19-12(22-14(20-9)27-2)21-13(24)23-28(25,26)11-6-4-3-5-10(11)7-8-15(16,17)18;1-13-7-5(10)3-2-4(9)6(7)8(11)12;5-3(6)1-4-2-10(7,8)9/h6-7H,2-5,8H2,1H3;3-6H,7-8H2,1-2H3,(H2,19,20,21,22,23,24);2-3H,1H3,(H,11,12);4H,1-2H2,(H,5,6)(H2,7,8,9)/b18-14-;;;. The van der Waals surface area contributed by atoms with Gasteiger partial charge < -0.3 is 34.2 Å². The summed E-state index contributed by atoms with van der Waals surface area (Å²) in [5.74, 6) is -3.20. The largest absolute Gasteiger partial charge is 0.494 e. The van der Waals surface area contributed by atoms with E-state index in [0.717, 1.165) is 48.1 Å². The lowest BCUT2D eigenvalue weighted by atomic mass is 10.1. The first-order valence-electron chi connectivity index (χ1n) is 21.0. The zero-order chi connectivity index (χ0) is 57.1. The Hall–Kier alpha value is -5.89. The maximum Gasteiger partial charge on any atom is 0.389 e. The highest BCUT2D eigenvalue weighted by Crippen LogP contribution is 2.35. The van der Waals surface area contributed by atoms with Crippen LogP contribution >= 0.6 is 65.5 Å². The van der Waals surface area contributed by atoms with Crippen LogP contribution in [0.2, 0.25) is 15.1 Å². The van der Waals surface area contributed by atoms with Crippen LogP contribution in [0.25, 0.3) is 0 Å². The number of sulfonamides is 1. The van der Waals surface area contributed by atoms with Crippen molar-refractivity contribution in [2.75, 3.05) is 45.2 Å². The molecule has 6 rings (SSSR count). The maximum atomic E-state index is 14.3. The number of hydrogen-bond acceptors (Lipinski definition) is 18. The van der Waals surface area contributed by atoms with Crippen LogP contribution in [-0.4, -0.2) is 123 Å². The van der Waals surface area contributed by atoms with Crippen LogP contribution in [0.1, 0.15) is 41.0 Å². The van der Waals surface area contributed by atoms with Gasteiger partial charge in [0.2, 0.25) is 10.7 Å². The lowest BCUT2D eigenvalue weighted by Gasteiger charge is -2.15. The number of thioether (sulfide) groups is 1. The number of amides is 2. The number of aliphatic carboxylic acids is 1. The van der Waals surface area contributed by atoms with Crippen LogP contribution in [0.4, 0.5) is 34.0 Å². The van der Waals surface area contributed by atoms with Crippen molar-refractivity contribution in [1.82, 2.24) is 34.4 Å². The Bertz CT molecular complexity index is 3180. The molecule has 1 aliphatic rings. The molecule has 0 atom stereocenters. The number of nitrogens with one attached hydrogen (secondary N) is 3. The van der Waals surface area contributed by atoms with Gasteiger partial charge in [0, 0.05) is 24.4 Å². The van der Waals surface area contributed by atoms with Crippen molar-refractivity contribution in [2.24, 2.45) is 4.99 Å². The SMILES string of the molecule is COC(=O)CSc1cc(/N=c2\sc(=O)n3n2CCCC3)c(F)cc1Cl.COc1c(Cl)ccc(Cl)c1C(=O)O.COc1nc(C)nc(NC(=O)NS(=O)(=O)c2ccccc2CCC(F)(F)F)n1.O=C(O)CNCP(=O)(O)O. The molecule has 0 aliphatic carbocycles. The van der Waals surface area contributed by atoms with Gasteiger partial charge in [0.25, 0.3) is 10.0 Å². The number of methoxy groups -OCH3 is 3. The van der Waals surface area contributed by atoms with Crippen LogP contribution in [0.15, 0.2) is 68.1 Å². The Morgan fingerprint density at radius 2 is 1.58 bits per heavy atom. The minimum absolute atomic E-state index is 0.0605. The van der Waals surface area contributed by atoms with Crippen molar-refractivity contribution in [3.8, 4) is 11.8 Å². The van der Waals surface area contributed by atoms with Crippen molar-refractivity contribution in [3.63, 3.8) is 0 Å². The first-order chi connectivity index (χ1) is 35.5. The van der Waals surface area contributed by atoms with E-state index < -0.39 is 84.1 Å². The number of benzene rings is 3. The van der Waals surface area contributed by atoms with Gasteiger partial charge in [-0.3, -0.25) is 34.3 Å². The van der Waals surface area contributed by atoms with Gasteiger partial charge in [-0.05, 0) is 73.4 Å². The summed E-state index contributed by atoms with van der Waals surface area (Å²) >= 11 is 19.5. The minimum atomic E-state index is -4.45. The number of rotatable bonds is 16. The number of esters is 1. The summed E-state index contributed by atoms with van der Waals surface area (Å²) in [7, 11) is -4.61. The average Bonchev–Trinajstić information content (AvgIpc) is 3.65. The van der Waals surface area contributed by atoms with Crippen LogP contribution < -0.4 is 34.5 Å². The lowest BCUT2D eigenvalue weighted by molar-refractivity contribution is -0.137. The number of aromatic carboxylic acids is 1. The molecule has 0 bridgehead atoms. The zero-order valence-corrected chi connectivity index (χ0v) is 45.4. The molecule has 24 nitrogen and oxygen atoms in total. The van der Waals surface area contributed by atoms with Crippen molar-refractivity contribution in [2.45, 2.75) is 61.7 Å². The number of carbonyl (C=O) groups is 4. The molecule has 0 unspecified atom stereocenters. The van der Waals surface area contributed by atoms with Crippen molar-refractivity contribution >= 4 is 111 Å². The Kier molecular flexibility index (Phi) is 25.1. The highest BCUT2D eigenvalue weighted by atomic mass is 35.5. The van der Waals surface area contributed by atoms with Crippen molar-refractivity contribution in [3.05, 3.63) is 101 Å². The topological polar surface area (TPSA) is 342 Å². The fourth-order valence-electron chi connectivity index (χ4n) is 5.83. The van der Waals surface area contributed by atoms with E-state index >= 15 is 0 Å². The molecule has 3 heterocycles. The smallest absolute Gasteiger partial charge is 0.389 e. The number of hydrogen-bond donors (Lipinski definition) is 7. The number of ether oxygens (including phenoxy) is 3. The highest BCUT2D eigenvalue weighted by molar-refractivity contribution is 8.00. The Morgan fingerprint density at radius 3 is 2.16 bits per heavy atom. The molecule has 2 aromatic heterocycles. The number of anilines is 1. The number of carbonyl (C=O) groups excluding carboxylic acids is 2. The normalized spacial score (nSPS) is 12.2. The van der Waals surface area contributed by atoms with Gasteiger partial charge in [-0.15, -0.1) is 11.8 Å². The number of alkyl halides is 3. The van der Waals surface area contributed by atoms with Gasteiger partial charge in [0.15, 0.2) is 5.75 Å². The Labute approximate surface area is 451 Å². The van der Waals surface area contributed by atoms with Crippen LogP contribution in [0.3, 0.4) is 0 Å². The number of carboxylic acid groups (broad SMARTS) is 2. The van der Waals surface area contributed by atoms with Gasteiger partial charge in [0.05, 0.1) is 59.9 Å². The maximum absolute atomic E-state index is 14.3. The quantitative estimate of drug-likeness (QED) is 0.0240. The molecule has 0 radical (unpaired) electrons. The molecule has 2 amide bonds. The molecule has 1 aliphatic heterocycles. The summed E-state index contributed by atoms with van der Waals surface area (Å²) in [4.78, 5) is 88.3. The van der Waals surface area contributed by atoms with E-state index in [1.165, 1.54) is 64.7 Å². The van der Waals surface area contributed by atoms with E-state index in [1.807, 2.05) is 0 Å². The van der Waals surface area contributed by atoms with E-state index in [1.54, 1.807) is 14.1 Å². The van der Waals surface area contributed by atoms with Gasteiger partial charge in [-0.2, -0.15) is 28.1 Å². The summed E-state index contributed by atoms with van der Waals surface area (Å²) < 4.78 is 106. The number of urea groups is 1. The molecule has 0 saturated carbocycles. The van der Waals surface area contributed by atoms with E-state index in [9.17, 15) is 54.5 Å². The summed E-state index contributed by atoms with van der Waals surface area (Å²) in [5.41, 5.74) is -0.103. The second-order valence-electron chi connectivity index (χ2n) is 14.7. The number of aromatic nitrogens is 5. The van der Waals surface area contributed by atoms with Gasteiger partial charge >= 0.3 is 48.6 Å². The third kappa shape index (κ3) is 21.3. The fraction of sp³-hybridized carbons (Fsp3) is 0.341. The molecule has 35 heteroatoms. The predicted molar refractivity (Wildman–Crippen MR) is 269 cm³/mol. The molecule has 0 fully saturated rings. The fourth-order valence-corrected chi connectivity index (χ4v) is 9.86. The zero-order valence-electron chi connectivity index (χ0n) is 39.8. The number of aryl methyl sites for hydroxylation is 2. The van der Waals surface area contributed by atoms with Gasteiger partial charge in [-0.1, -0.05) is 53.0 Å². The molecule has 7 N–H and O–H groups in total. The van der Waals surface area contributed by atoms with Crippen LogP contribution in [0.5, 0.6) is 11.8 Å². The van der Waals surface area contributed by atoms with E-state index in [-0.39, 0.29) is 66.0 Å². The average molecular weight is 1210 g/mol. The summed E-state index contributed by atoms with van der Waals surface area (Å²) in [6, 6.07) is 9.35. The van der Waals surface area contributed by atoms with E-state index in [2.05, 4.69) is 35.3 Å². The first kappa shape index (κ1) is 64.4. The van der Waals surface area contributed by atoms with Gasteiger partial charge in [0.1, 0.15) is 22.9 Å². The second kappa shape index (κ2) is 29.6. The van der Waals surface area contributed by atoms with Crippen LogP contribution in [0, 0.1) is 12.7 Å². The summed E-state index contributed by atoms with van der Waals surface area (Å²) in [6.45, 7) is 2.39. The molecule has 416 valence electrons. The third-order valence-electron chi connectivity index (χ3n) is 9.05. The van der Waals surface area contributed by atoms with E-state index in [0.29, 0.717) is 22.8 Å². The summed E-state index contributed by atoms with van der Waals surface area (Å²) in [5, 5.41) is 21.5. The minimum Gasteiger partial charge on any atom is -0.494 e. The Balaban J connectivity index is 0.000000288. The lowest BCUT2D eigenvalue weighted by Crippen LogP contribution is -2.35. The summed E-state index contributed by atoms with van der Waals surface area (Å²) in [6.07, 6.45) is -4.90. The molecule has 0 spiro atoms. The highest BCUT2D eigenvalue weighted by Gasteiger charge is 2.29. The molecule has 3 aromatic carbocycles. The van der Waals surface area contributed by atoms with Crippen LogP contribution in [-0.2, 0) is 48.4 Å². The van der Waals surface area contributed by atoms with Crippen molar-refractivity contribution < 1.29 is 83.9 Å². The number of carboxylic acids is 2. The number of halogens is 7. The number of fused-ring (bicyclic) bond motifs is 1. The van der Waals surface area contributed by atoms with E-state index in [4.69, 9.17) is 64.3 Å². The molecular weight excluding hydrogens is 1170 g/mol.